The number of hydrogen-bond donors (Lipinski definition) is 0. The van der Waals surface area contributed by atoms with Gasteiger partial charge in [-0.25, -0.2) is 9.97 Å². The molecule has 0 atom stereocenters. The number of aromatic nitrogens is 4. The van der Waals surface area contributed by atoms with E-state index in [4.69, 9.17) is 14.4 Å². The first-order valence-electron chi connectivity index (χ1n) is 17.4. The van der Waals surface area contributed by atoms with Crippen molar-refractivity contribution in [2.45, 2.75) is 0 Å². The predicted molar refractivity (Wildman–Crippen MR) is 216 cm³/mol. The van der Waals surface area contributed by atoms with E-state index >= 15 is 0 Å². The summed E-state index contributed by atoms with van der Waals surface area (Å²) in [5.41, 5.74) is 9.35. The minimum atomic E-state index is 0.719. The highest BCUT2D eigenvalue weighted by Crippen LogP contribution is 2.45. The monoisotopic (exact) mass is 682 g/mol. The van der Waals surface area contributed by atoms with Crippen LogP contribution in [-0.4, -0.2) is 19.1 Å². The van der Waals surface area contributed by atoms with Crippen molar-refractivity contribution in [1.82, 2.24) is 19.1 Å². The van der Waals surface area contributed by atoms with Crippen molar-refractivity contribution in [2.24, 2.45) is 0 Å². The maximum Gasteiger partial charge on any atom is 0.162 e. The highest BCUT2D eigenvalue weighted by atomic mass is 32.1. The van der Waals surface area contributed by atoms with Crippen LogP contribution in [0.4, 0.5) is 0 Å². The summed E-state index contributed by atoms with van der Waals surface area (Å²) in [6.45, 7) is 0. The number of fused-ring (bicyclic) bond motifs is 13. The van der Waals surface area contributed by atoms with Crippen molar-refractivity contribution in [3.05, 3.63) is 158 Å². The fraction of sp³-hybridized carbons (Fsp3) is 0. The van der Waals surface area contributed by atoms with E-state index in [0.29, 0.717) is 0 Å². The average molecular weight is 683 g/mol. The maximum absolute atomic E-state index is 6.37. The van der Waals surface area contributed by atoms with Crippen LogP contribution in [0.2, 0.25) is 0 Å². The number of para-hydroxylation sites is 3. The molecule has 0 aliphatic rings. The molecule has 0 fully saturated rings. The Morgan fingerprint density at radius 1 is 0.462 bits per heavy atom. The topological polar surface area (TPSA) is 48.8 Å². The normalized spacial score (nSPS) is 12.2. The molecule has 0 unspecified atom stereocenters. The van der Waals surface area contributed by atoms with E-state index in [0.717, 1.165) is 82.5 Å². The number of furan rings is 1. The van der Waals surface area contributed by atoms with Crippen LogP contribution < -0.4 is 0 Å². The smallest absolute Gasteiger partial charge is 0.162 e. The van der Waals surface area contributed by atoms with E-state index in [1.54, 1.807) is 11.3 Å². The summed E-state index contributed by atoms with van der Waals surface area (Å²) in [4.78, 5) is 10.6. The van der Waals surface area contributed by atoms with Crippen molar-refractivity contribution in [2.75, 3.05) is 0 Å². The second-order valence-corrected chi connectivity index (χ2v) is 14.4. The molecular weight excluding hydrogens is 657 g/mol. The first kappa shape index (κ1) is 28.0. The zero-order valence-corrected chi connectivity index (χ0v) is 28.4. The van der Waals surface area contributed by atoms with Gasteiger partial charge in [0.1, 0.15) is 11.2 Å². The van der Waals surface area contributed by atoms with Crippen LogP contribution >= 0.6 is 11.3 Å². The van der Waals surface area contributed by atoms with E-state index in [9.17, 15) is 0 Å². The summed E-state index contributed by atoms with van der Waals surface area (Å²) in [5.74, 6) is 1.62. The molecule has 6 heteroatoms. The third-order valence-electron chi connectivity index (χ3n) is 10.5. The quantitative estimate of drug-likeness (QED) is 0.186. The van der Waals surface area contributed by atoms with Gasteiger partial charge in [0.25, 0.3) is 0 Å². The number of hydrogen-bond acceptors (Lipinski definition) is 4. The molecule has 5 heterocycles. The fourth-order valence-electron chi connectivity index (χ4n) is 8.32. The summed E-state index contributed by atoms with van der Waals surface area (Å²) in [6.07, 6.45) is 0. The largest absolute Gasteiger partial charge is 0.456 e. The molecule has 52 heavy (non-hydrogen) atoms. The molecule has 0 spiro atoms. The second kappa shape index (κ2) is 10.4. The van der Waals surface area contributed by atoms with Crippen LogP contribution in [0.25, 0.3) is 109 Å². The van der Waals surface area contributed by atoms with Crippen molar-refractivity contribution < 1.29 is 4.42 Å². The van der Waals surface area contributed by atoms with Gasteiger partial charge in [-0.15, -0.1) is 11.3 Å². The molecular formula is C46H26N4OS. The second-order valence-electron chi connectivity index (χ2n) is 13.4. The molecule has 0 bridgehead atoms. The Morgan fingerprint density at radius 3 is 1.87 bits per heavy atom. The van der Waals surface area contributed by atoms with Gasteiger partial charge in [-0.1, -0.05) is 103 Å². The summed E-state index contributed by atoms with van der Waals surface area (Å²) in [6, 6.07) is 55.7. The lowest BCUT2D eigenvalue weighted by molar-refractivity contribution is 0.668. The van der Waals surface area contributed by atoms with E-state index in [-0.39, 0.29) is 0 Å². The molecule has 12 aromatic rings. The molecule has 5 aromatic heterocycles. The minimum Gasteiger partial charge on any atom is -0.456 e. The SMILES string of the molecule is c1ccc(-c2nc(-n3c4ccccc4c4c5c6ccccc6n(-c6ccc7c(c6)oc6ccccc67)c5ccc43)c3sc4ccccc4c3n2)cc1. The molecule has 242 valence electrons. The highest BCUT2D eigenvalue weighted by Gasteiger charge is 2.24. The van der Waals surface area contributed by atoms with Gasteiger partial charge in [0, 0.05) is 59.7 Å². The van der Waals surface area contributed by atoms with Crippen molar-refractivity contribution in [3.63, 3.8) is 0 Å². The first-order valence-corrected chi connectivity index (χ1v) is 18.2. The Bertz CT molecular complexity index is 3420. The van der Waals surface area contributed by atoms with Crippen molar-refractivity contribution in [3.8, 4) is 22.9 Å². The lowest BCUT2D eigenvalue weighted by atomic mass is 10.1. The highest BCUT2D eigenvalue weighted by molar-refractivity contribution is 7.26. The predicted octanol–water partition coefficient (Wildman–Crippen LogP) is 12.6. The van der Waals surface area contributed by atoms with Crippen LogP contribution in [0.3, 0.4) is 0 Å². The Hall–Kier alpha value is -6.76. The van der Waals surface area contributed by atoms with E-state index < -0.39 is 0 Å². The van der Waals surface area contributed by atoms with Crippen LogP contribution in [0.1, 0.15) is 0 Å². The van der Waals surface area contributed by atoms with E-state index in [2.05, 4.69) is 137 Å². The third-order valence-corrected chi connectivity index (χ3v) is 11.7. The Morgan fingerprint density at radius 2 is 1.08 bits per heavy atom. The van der Waals surface area contributed by atoms with Gasteiger partial charge in [-0.3, -0.25) is 4.57 Å². The lowest BCUT2D eigenvalue weighted by Crippen LogP contribution is -2.01. The average Bonchev–Trinajstić information content (AvgIpc) is 3.95. The molecule has 12 rings (SSSR count). The third kappa shape index (κ3) is 3.76. The van der Waals surface area contributed by atoms with Crippen LogP contribution in [0.5, 0.6) is 0 Å². The summed E-state index contributed by atoms with van der Waals surface area (Å²) in [7, 11) is 0. The van der Waals surface area contributed by atoms with Gasteiger partial charge in [0.2, 0.25) is 0 Å². The maximum atomic E-state index is 6.37. The van der Waals surface area contributed by atoms with Gasteiger partial charge in [0.15, 0.2) is 11.6 Å². The Labute approximate surface area is 300 Å². The molecule has 0 aliphatic carbocycles. The van der Waals surface area contributed by atoms with E-state index in [1.165, 1.54) is 26.2 Å². The van der Waals surface area contributed by atoms with Crippen LogP contribution in [0.15, 0.2) is 162 Å². The van der Waals surface area contributed by atoms with Gasteiger partial charge in [-0.05, 0) is 48.5 Å². The Balaban J connectivity index is 1.20. The number of rotatable bonds is 3. The molecule has 0 aliphatic heterocycles. The Kier molecular flexibility index (Phi) is 5.59. The zero-order chi connectivity index (χ0) is 33.9. The van der Waals surface area contributed by atoms with Crippen molar-refractivity contribution in [1.29, 1.82) is 0 Å². The standard InChI is InChI=1S/C46H26N4OS/c1-2-12-27(13-3-1)45-47-43-33-17-7-11-21-40(33)52-44(43)46(48-45)50-35-19-9-5-16-32(35)42-37(50)25-24-36-41(42)31-15-4-8-18-34(31)49(36)28-22-23-30-29-14-6-10-20-38(29)51-39(30)26-28/h1-26H. The summed E-state index contributed by atoms with van der Waals surface area (Å²) < 4.78 is 13.4. The molecule has 0 saturated heterocycles. The molecule has 0 N–H and O–H groups in total. The van der Waals surface area contributed by atoms with Crippen molar-refractivity contribution >= 4 is 97.2 Å². The fourth-order valence-corrected chi connectivity index (χ4v) is 9.44. The lowest BCUT2D eigenvalue weighted by Gasteiger charge is -2.11. The molecule has 0 radical (unpaired) electrons. The first-order chi connectivity index (χ1) is 25.8. The van der Waals surface area contributed by atoms with Gasteiger partial charge < -0.3 is 8.98 Å². The molecule has 0 amide bonds. The van der Waals surface area contributed by atoms with Crippen LogP contribution in [0, 0.1) is 0 Å². The molecule has 5 nitrogen and oxygen atoms in total. The summed E-state index contributed by atoms with van der Waals surface area (Å²) >= 11 is 1.76. The summed E-state index contributed by atoms with van der Waals surface area (Å²) in [5, 5.41) is 8.23. The van der Waals surface area contributed by atoms with E-state index in [1.807, 2.05) is 30.3 Å². The van der Waals surface area contributed by atoms with Gasteiger partial charge in [0.05, 0.1) is 32.3 Å². The van der Waals surface area contributed by atoms with Crippen LogP contribution in [-0.2, 0) is 0 Å². The number of benzene rings is 7. The number of nitrogens with zero attached hydrogens (tertiary/aromatic N) is 4. The minimum absolute atomic E-state index is 0.719. The number of thiophene rings is 1. The van der Waals surface area contributed by atoms with Gasteiger partial charge in [-0.2, -0.15) is 0 Å². The molecule has 7 aromatic carbocycles. The zero-order valence-electron chi connectivity index (χ0n) is 27.6. The van der Waals surface area contributed by atoms with Gasteiger partial charge >= 0.3 is 0 Å². The molecule has 0 saturated carbocycles.